The van der Waals surface area contributed by atoms with Gasteiger partial charge in [-0.3, -0.25) is 0 Å². The van der Waals surface area contributed by atoms with Crippen molar-refractivity contribution in [1.29, 1.82) is 0 Å². The minimum Gasteiger partial charge on any atom is -1.00 e. The first-order valence-electron chi connectivity index (χ1n) is 9.21. The second-order valence-corrected chi connectivity index (χ2v) is 18.8. The van der Waals surface area contributed by atoms with Crippen molar-refractivity contribution in [1.82, 2.24) is 0 Å². The molecule has 0 aromatic heterocycles. The maximum atomic E-state index is 2.39. The van der Waals surface area contributed by atoms with Crippen LogP contribution in [0.1, 0.15) is 11.1 Å². The van der Waals surface area contributed by atoms with E-state index >= 15 is 0 Å². The van der Waals surface area contributed by atoms with Crippen LogP contribution in [-0.4, -0.2) is 16.6 Å². The number of fused-ring (bicyclic) bond motifs is 2. The Balaban J connectivity index is 0. The number of halogens is 2. The summed E-state index contributed by atoms with van der Waals surface area (Å²) in [4.78, 5) is 0. The fourth-order valence-electron chi connectivity index (χ4n) is 2.61. The summed E-state index contributed by atoms with van der Waals surface area (Å²) in [6, 6.07) is 25.7. The summed E-state index contributed by atoms with van der Waals surface area (Å²) in [5, 5.41) is 5.39. The Hall–Kier alpha value is -0.456. The second-order valence-electron chi connectivity index (χ2n) is 7.82. The normalized spacial score (nSPS) is 9.72. The molecule has 5 heteroatoms. The summed E-state index contributed by atoms with van der Waals surface area (Å²) in [6.45, 7) is 13.7. The van der Waals surface area contributed by atoms with Crippen LogP contribution in [-0.2, 0) is 25.8 Å². The molecule has 0 spiro atoms. The minimum absolute atomic E-state index is 0. The maximum Gasteiger partial charge on any atom is 4.00 e. The van der Waals surface area contributed by atoms with Crippen LogP contribution in [0.25, 0.3) is 21.5 Å². The van der Waals surface area contributed by atoms with Crippen LogP contribution in [0, 0.1) is 13.8 Å². The molecule has 0 aliphatic rings. The van der Waals surface area contributed by atoms with Crippen molar-refractivity contribution in [2.45, 2.75) is 40.0 Å². The molecule has 0 bridgehead atoms. The van der Waals surface area contributed by atoms with E-state index in [1.165, 1.54) is 41.7 Å². The summed E-state index contributed by atoms with van der Waals surface area (Å²) >= 11 is 0. The van der Waals surface area contributed by atoms with Crippen molar-refractivity contribution in [2.24, 2.45) is 0 Å². The Morgan fingerprint density at radius 3 is 1.28 bits per heavy atom. The van der Waals surface area contributed by atoms with Crippen LogP contribution in [0.5, 0.6) is 0 Å². The van der Waals surface area contributed by atoms with Crippen LogP contribution in [0.2, 0.25) is 26.2 Å². The molecule has 0 unspecified atom stereocenters. The summed E-state index contributed by atoms with van der Waals surface area (Å²) in [5.74, 6) is 0. The molecule has 0 heterocycles. The molecule has 4 aromatic carbocycles. The van der Waals surface area contributed by atoms with Crippen molar-refractivity contribution in [3.05, 3.63) is 83.9 Å². The smallest absolute Gasteiger partial charge is 1.00 e. The van der Waals surface area contributed by atoms with Gasteiger partial charge in [0.25, 0.3) is 0 Å². The van der Waals surface area contributed by atoms with Gasteiger partial charge in [-0.05, 0) is 0 Å². The van der Waals surface area contributed by atoms with Crippen molar-refractivity contribution in [3.8, 4) is 0 Å². The van der Waals surface area contributed by atoms with Crippen LogP contribution in [0.4, 0.5) is 0 Å². The van der Waals surface area contributed by atoms with E-state index in [1.807, 2.05) is 0 Å². The van der Waals surface area contributed by atoms with Gasteiger partial charge in [-0.15, -0.1) is 81.2 Å². The largest absolute Gasteiger partial charge is 4.00 e. The van der Waals surface area contributed by atoms with Gasteiger partial charge in [-0.1, -0.05) is 52.2 Å². The molecule has 4 rings (SSSR count). The molecule has 29 heavy (non-hydrogen) atoms. The molecule has 0 aliphatic carbocycles. The molecule has 0 aliphatic heterocycles. The Labute approximate surface area is 211 Å². The van der Waals surface area contributed by atoms with Gasteiger partial charge in [-0.2, -0.15) is 12.1 Å². The zero-order valence-electron chi connectivity index (χ0n) is 18.2. The molecular weight excluding hydrogens is 594 g/mol. The first-order chi connectivity index (χ1) is 12.3. The van der Waals surface area contributed by atoms with Crippen molar-refractivity contribution in [2.75, 3.05) is 0 Å². The molecule has 0 saturated heterocycles. The first-order valence-corrected chi connectivity index (χ1v) is 15.2. The number of hydrogen-bond donors (Lipinski definition) is 0. The number of benzene rings is 2. The van der Waals surface area contributed by atoms with Crippen LogP contribution in [0.15, 0.2) is 72.8 Å². The van der Waals surface area contributed by atoms with Gasteiger partial charge in [0.05, 0.1) is 0 Å². The molecule has 152 valence electrons. The van der Waals surface area contributed by atoms with Crippen LogP contribution < -0.4 is 24.8 Å². The zero-order chi connectivity index (χ0) is 19.2. The molecule has 4 aromatic rings. The fourth-order valence-corrected chi connectivity index (χ4v) is 2.61. The van der Waals surface area contributed by atoms with Gasteiger partial charge >= 0.3 is 25.8 Å². The summed E-state index contributed by atoms with van der Waals surface area (Å²) in [6.07, 6.45) is 0. The molecule has 0 atom stereocenters. The number of rotatable bonds is 1. The Kier molecular flexibility index (Phi) is 15.4. The van der Waals surface area contributed by atoms with Crippen molar-refractivity contribution in [3.63, 3.8) is 0 Å². The third-order valence-electron chi connectivity index (χ3n) is 4.27. The minimum atomic E-state index is -0.603. The van der Waals surface area contributed by atoms with Gasteiger partial charge in [0.2, 0.25) is 0 Å². The molecule has 2 radical (unpaired) electrons. The van der Waals surface area contributed by atoms with Gasteiger partial charge in [-0.25, -0.2) is 0 Å². The SMILES string of the molecule is C[Si][Si](C)(C)C.Cc1cc2ccccc2[cH-]1.Cc1cc2ccccc2[cH-]1.[Cl-].[Cl-].[Hf+4]. The molecule has 0 nitrogen and oxygen atoms in total. The van der Waals surface area contributed by atoms with E-state index in [4.69, 9.17) is 0 Å². The Morgan fingerprint density at radius 2 is 1.00 bits per heavy atom. The average Bonchev–Trinajstić information content (AvgIpc) is 3.15. The summed E-state index contributed by atoms with van der Waals surface area (Å²) in [7, 11) is 0.603. The van der Waals surface area contributed by atoms with E-state index < -0.39 is 7.59 Å². The predicted molar refractivity (Wildman–Crippen MR) is 124 cm³/mol. The van der Waals surface area contributed by atoms with E-state index in [2.05, 4.69) is 113 Å². The number of aryl methyl sites for hydroxylation is 2. The molecule has 0 fully saturated rings. The average molecular weight is 624 g/mol. The van der Waals surface area contributed by atoms with Gasteiger partial charge in [0.1, 0.15) is 0 Å². The zero-order valence-corrected chi connectivity index (χ0v) is 25.3. The van der Waals surface area contributed by atoms with Gasteiger partial charge < -0.3 is 24.8 Å². The summed E-state index contributed by atoms with van der Waals surface area (Å²) < 4.78 is 0. The van der Waals surface area contributed by atoms with E-state index in [-0.39, 0.29) is 50.7 Å². The van der Waals surface area contributed by atoms with E-state index in [0.29, 0.717) is 0 Å². The Morgan fingerprint density at radius 1 is 0.690 bits per heavy atom. The van der Waals surface area contributed by atoms with Crippen LogP contribution >= 0.6 is 0 Å². The van der Waals surface area contributed by atoms with Crippen LogP contribution in [0.3, 0.4) is 0 Å². The quantitative estimate of drug-likeness (QED) is 0.222. The maximum absolute atomic E-state index is 2.39. The molecular formula is C24H30Cl2HfSi2. The van der Waals surface area contributed by atoms with Gasteiger partial charge in [0.15, 0.2) is 0 Å². The predicted octanol–water partition coefficient (Wildman–Crippen LogP) is 1.31. The standard InChI is InChI=1S/2C10H9.C4H12Si2.2ClH.Hf/c2*1-8-6-9-4-2-3-5-10(9)7-8;1-5-6(2,3)4;;;/h2*2-7H,1H3;1-4H3;2*1H;/q2*-1;;;;+4/p-2. The second kappa shape index (κ2) is 14.5. The summed E-state index contributed by atoms with van der Waals surface area (Å²) in [5.41, 5.74) is 2.70. The van der Waals surface area contributed by atoms with E-state index in [9.17, 15) is 0 Å². The first kappa shape index (κ1) is 30.7. The monoisotopic (exact) mass is 624 g/mol. The third kappa shape index (κ3) is 10.9. The topological polar surface area (TPSA) is 0 Å². The molecule has 0 amide bonds. The van der Waals surface area contributed by atoms with E-state index in [0.717, 1.165) is 0 Å². The fraction of sp³-hybridized carbons (Fsp3) is 0.250. The van der Waals surface area contributed by atoms with Gasteiger partial charge in [0, 0.05) is 16.6 Å². The Bertz CT molecular complexity index is 814. The van der Waals surface area contributed by atoms with Crippen molar-refractivity contribution < 1.29 is 50.7 Å². The molecule has 0 saturated carbocycles. The third-order valence-corrected chi connectivity index (χ3v) is 10.3. The van der Waals surface area contributed by atoms with E-state index in [1.54, 1.807) is 0 Å². The number of hydrogen-bond acceptors (Lipinski definition) is 0. The molecule has 0 N–H and O–H groups in total. The van der Waals surface area contributed by atoms with Crippen molar-refractivity contribution >= 4 is 38.2 Å².